The van der Waals surface area contributed by atoms with Gasteiger partial charge in [0.05, 0.1) is 6.04 Å². The second-order valence-corrected chi connectivity index (χ2v) is 5.80. The summed E-state index contributed by atoms with van der Waals surface area (Å²) in [7, 11) is 0. The Morgan fingerprint density at radius 1 is 1.24 bits per heavy atom. The van der Waals surface area contributed by atoms with Gasteiger partial charge in [-0.2, -0.15) is 0 Å². The SMILES string of the molecule is CC(C)NC(=O)C(C)NC1CN2CCC1CC2. The third-order valence-corrected chi connectivity index (χ3v) is 3.94. The first-order chi connectivity index (χ1) is 8.06. The van der Waals surface area contributed by atoms with Crippen LogP contribution in [0.5, 0.6) is 0 Å². The van der Waals surface area contributed by atoms with Crippen LogP contribution in [0.3, 0.4) is 0 Å². The number of carbonyl (C=O) groups is 1. The number of nitrogens with zero attached hydrogens (tertiary/aromatic N) is 1. The van der Waals surface area contributed by atoms with Crippen molar-refractivity contribution >= 4 is 5.91 Å². The smallest absolute Gasteiger partial charge is 0.237 e. The monoisotopic (exact) mass is 239 g/mol. The quantitative estimate of drug-likeness (QED) is 0.754. The van der Waals surface area contributed by atoms with Gasteiger partial charge in [0.25, 0.3) is 0 Å². The standard InChI is InChI=1S/C13H25N3O/c1-9(2)14-13(17)10(3)15-12-8-16-6-4-11(12)5-7-16/h9-12,15H,4-8H2,1-3H3,(H,14,17). The summed E-state index contributed by atoms with van der Waals surface area (Å²) in [4.78, 5) is 14.4. The third-order valence-electron chi connectivity index (χ3n) is 3.94. The van der Waals surface area contributed by atoms with Crippen molar-refractivity contribution in [1.29, 1.82) is 0 Å². The maximum Gasteiger partial charge on any atom is 0.237 e. The molecule has 0 aromatic rings. The van der Waals surface area contributed by atoms with E-state index in [2.05, 4.69) is 15.5 Å². The highest BCUT2D eigenvalue weighted by Crippen LogP contribution is 2.27. The summed E-state index contributed by atoms with van der Waals surface area (Å²) in [6.07, 6.45) is 2.58. The van der Waals surface area contributed by atoms with Crippen molar-refractivity contribution < 1.29 is 4.79 Å². The lowest BCUT2D eigenvalue weighted by molar-refractivity contribution is -0.123. The molecule has 1 amide bonds. The lowest BCUT2D eigenvalue weighted by atomic mass is 9.83. The molecule has 0 saturated carbocycles. The Hall–Kier alpha value is -0.610. The van der Waals surface area contributed by atoms with E-state index in [-0.39, 0.29) is 18.0 Å². The molecular weight excluding hydrogens is 214 g/mol. The van der Waals surface area contributed by atoms with E-state index >= 15 is 0 Å². The molecule has 4 heteroatoms. The van der Waals surface area contributed by atoms with Crippen LogP contribution in [0.25, 0.3) is 0 Å². The number of piperidine rings is 3. The lowest BCUT2D eigenvalue weighted by Crippen LogP contribution is -2.59. The molecule has 0 spiro atoms. The van der Waals surface area contributed by atoms with Gasteiger partial charge in [-0.15, -0.1) is 0 Å². The van der Waals surface area contributed by atoms with Crippen LogP contribution in [0.15, 0.2) is 0 Å². The van der Waals surface area contributed by atoms with E-state index in [1.807, 2.05) is 20.8 Å². The molecule has 2 unspecified atom stereocenters. The first-order valence-corrected chi connectivity index (χ1v) is 6.85. The van der Waals surface area contributed by atoms with Crippen LogP contribution in [0.4, 0.5) is 0 Å². The van der Waals surface area contributed by atoms with Gasteiger partial charge >= 0.3 is 0 Å². The molecule has 98 valence electrons. The predicted octanol–water partition coefficient (Wildman–Crippen LogP) is 0.583. The molecule has 2 atom stereocenters. The molecule has 3 aliphatic heterocycles. The van der Waals surface area contributed by atoms with Crippen LogP contribution in [-0.4, -0.2) is 48.6 Å². The molecule has 17 heavy (non-hydrogen) atoms. The largest absolute Gasteiger partial charge is 0.353 e. The summed E-state index contributed by atoms with van der Waals surface area (Å²) >= 11 is 0. The third kappa shape index (κ3) is 3.19. The van der Waals surface area contributed by atoms with Gasteiger partial charge in [-0.1, -0.05) is 0 Å². The average molecular weight is 239 g/mol. The van der Waals surface area contributed by atoms with Gasteiger partial charge in [-0.05, 0) is 52.6 Å². The maximum atomic E-state index is 11.8. The van der Waals surface area contributed by atoms with Crippen molar-refractivity contribution in [2.75, 3.05) is 19.6 Å². The summed E-state index contributed by atoms with van der Waals surface area (Å²) in [5, 5.41) is 6.46. The van der Waals surface area contributed by atoms with E-state index in [4.69, 9.17) is 0 Å². The van der Waals surface area contributed by atoms with E-state index in [0.717, 1.165) is 12.5 Å². The number of hydrogen-bond donors (Lipinski definition) is 2. The Morgan fingerprint density at radius 3 is 2.35 bits per heavy atom. The van der Waals surface area contributed by atoms with Gasteiger partial charge in [0.2, 0.25) is 5.91 Å². The molecule has 0 radical (unpaired) electrons. The topological polar surface area (TPSA) is 44.4 Å². The van der Waals surface area contributed by atoms with Crippen LogP contribution in [0, 0.1) is 5.92 Å². The van der Waals surface area contributed by atoms with Crippen molar-refractivity contribution in [3.05, 3.63) is 0 Å². The molecule has 0 aliphatic carbocycles. The molecule has 0 aromatic heterocycles. The maximum absolute atomic E-state index is 11.8. The van der Waals surface area contributed by atoms with Gasteiger partial charge in [0.1, 0.15) is 0 Å². The highest BCUT2D eigenvalue weighted by Gasteiger charge is 2.35. The lowest BCUT2D eigenvalue weighted by Gasteiger charge is -2.45. The molecule has 3 rings (SSSR count). The van der Waals surface area contributed by atoms with E-state index < -0.39 is 0 Å². The highest BCUT2D eigenvalue weighted by atomic mass is 16.2. The number of hydrogen-bond acceptors (Lipinski definition) is 3. The zero-order chi connectivity index (χ0) is 12.4. The second kappa shape index (κ2) is 5.36. The first-order valence-electron chi connectivity index (χ1n) is 6.85. The van der Waals surface area contributed by atoms with Crippen molar-refractivity contribution in [2.45, 2.75) is 51.7 Å². The summed E-state index contributed by atoms with van der Waals surface area (Å²) in [6.45, 7) is 9.57. The molecule has 3 heterocycles. The molecule has 3 saturated heterocycles. The van der Waals surface area contributed by atoms with Crippen molar-refractivity contribution in [2.24, 2.45) is 5.92 Å². The van der Waals surface area contributed by atoms with Crippen LogP contribution in [0.1, 0.15) is 33.6 Å². The van der Waals surface area contributed by atoms with Crippen molar-refractivity contribution in [3.8, 4) is 0 Å². The molecule has 2 N–H and O–H groups in total. The number of nitrogens with one attached hydrogen (secondary N) is 2. The zero-order valence-electron chi connectivity index (χ0n) is 11.2. The van der Waals surface area contributed by atoms with E-state index in [1.54, 1.807) is 0 Å². The Bertz CT molecular complexity index is 272. The minimum absolute atomic E-state index is 0.0806. The van der Waals surface area contributed by atoms with E-state index in [1.165, 1.54) is 25.9 Å². The minimum atomic E-state index is -0.0806. The molecule has 0 aromatic carbocycles. The van der Waals surface area contributed by atoms with Crippen LogP contribution < -0.4 is 10.6 Å². The number of amides is 1. The molecule has 4 nitrogen and oxygen atoms in total. The van der Waals surface area contributed by atoms with Crippen LogP contribution >= 0.6 is 0 Å². The fourth-order valence-electron chi connectivity index (χ4n) is 2.96. The Labute approximate surface area is 104 Å². The summed E-state index contributed by atoms with van der Waals surface area (Å²) in [5.74, 6) is 0.894. The normalized spacial score (nSPS) is 33.8. The Morgan fingerprint density at radius 2 is 1.88 bits per heavy atom. The van der Waals surface area contributed by atoms with Crippen LogP contribution in [0.2, 0.25) is 0 Å². The van der Waals surface area contributed by atoms with Gasteiger partial charge in [0, 0.05) is 18.6 Å². The molecule has 2 bridgehead atoms. The average Bonchev–Trinajstić information content (AvgIpc) is 2.29. The predicted molar refractivity (Wildman–Crippen MR) is 68.8 cm³/mol. The first kappa shape index (κ1) is 12.8. The van der Waals surface area contributed by atoms with Crippen LogP contribution in [-0.2, 0) is 4.79 Å². The molecule has 3 fully saturated rings. The fourth-order valence-corrected chi connectivity index (χ4v) is 2.96. The number of carbonyl (C=O) groups excluding carboxylic acids is 1. The summed E-state index contributed by atoms with van der Waals surface area (Å²) < 4.78 is 0. The van der Waals surface area contributed by atoms with Crippen molar-refractivity contribution in [3.63, 3.8) is 0 Å². The second-order valence-electron chi connectivity index (χ2n) is 5.80. The minimum Gasteiger partial charge on any atom is -0.353 e. The zero-order valence-corrected chi connectivity index (χ0v) is 11.2. The Balaban J connectivity index is 1.82. The van der Waals surface area contributed by atoms with Gasteiger partial charge < -0.3 is 15.5 Å². The van der Waals surface area contributed by atoms with Gasteiger partial charge in [-0.25, -0.2) is 0 Å². The van der Waals surface area contributed by atoms with Crippen molar-refractivity contribution in [1.82, 2.24) is 15.5 Å². The van der Waals surface area contributed by atoms with Gasteiger partial charge in [0.15, 0.2) is 0 Å². The number of rotatable bonds is 4. The fraction of sp³-hybridized carbons (Fsp3) is 0.923. The summed E-state index contributed by atoms with van der Waals surface area (Å²) in [5.41, 5.74) is 0. The summed E-state index contributed by atoms with van der Waals surface area (Å²) in [6, 6.07) is 0.645. The molecular formula is C13H25N3O. The highest BCUT2D eigenvalue weighted by molar-refractivity contribution is 5.81. The van der Waals surface area contributed by atoms with Gasteiger partial charge in [-0.3, -0.25) is 4.79 Å². The van der Waals surface area contributed by atoms with E-state index in [0.29, 0.717) is 6.04 Å². The van der Waals surface area contributed by atoms with E-state index in [9.17, 15) is 4.79 Å². The number of fused-ring (bicyclic) bond motifs is 3. The Kier molecular flexibility index (Phi) is 4.05. The molecule has 3 aliphatic rings.